The first kappa shape index (κ1) is 18.4. The molecule has 3 rings (SSSR count). The largest absolute Gasteiger partial charge is 0.339 e. The van der Waals surface area contributed by atoms with Crippen LogP contribution in [0, 0.1) is 0 Å². The molecule has 0 aliphatic carbocycles. The number of nitrogens with two attached hydrogens (primary N) is 1. The smallest absolute Gasteiger partial charge is 0.255 e. The van der Waals surface area contributed by atoms with Crippen molar-refractivity contribution >= 4 is 47.6 Å². The summed E-state index contributed by atoms with van der Waals surface area (Å²) in [5.41, 5.74) is 6.43. The molecule has 23 heavy (non-hydrogen) atoms. The second-order valence-electron chi connectivity index (χ2n) is 5.63. The zero-order valence-corrected chi connectivity index (χ0v) is 14.9. The lowest BCUT2D eigenvalue weighted by atomic mass is 10.1. The van der Waals surface area contributed by atoms with Crippen LogP contribution in [0.5, 0.6) is 0 Å². The number of carbonyl (C=O) groups is 2. The van der Waals surface area contributed by atoms with Crippen molar-refractivity contribution in [1.29, 1.82) is 0 Å². The molecule has 0 spiro atoms. The van der Waals surface area contributed by atoms with E-state index in [2.05, 4.69) is 0 Å². The van der Waals surface area contributed by atoms with E-state index in [1.54, 1.807) is 45.8 Å². The van der Waals surface area contributed by atoms with Crippen molar-refractivity contribution in [3.05, 3.63) is 34.9 Å². The summed E-state index contributed by atoms with van der Waals surface area (Å²) in [6, 6.07) is 6.43. The van der Waals surface area contributed by atoms with Crippen molar-refractivity contribution in [3.63, 3.8) is 0 Å². The molecule has 1 unspecified atom stereocenters. The third kappa shape index (κ3) is 3.94. The van der Waals surface area contributed by atoms with Crippen molar-refractivity contribution in [2.45, 2.75) is 18.5 Å². The van der Waals surface area contributed by atoms with Gasteiger partial charge in [0.05, 0.1) is 5.88 Å². The maximum Gasteiger partial charge on any atom is 0.255 e. The highest BCUT2D eigenvalue weighted by Crippen LogP contribution is 2.26. The van der Waals surface area contributed by atoms with Crippen molar-refractivity contribution in [2.75, 3.05) is 24.7 Å². The van der Waals surface area contributed by atoms with Gasteiger partial charge in [-0.05, 0) is 30.7 Å². The average Bonchev–Trinajstić information content (AvgIpc) is 3.15. The summed E-state index contributed by atoms with van der Waals surface area (Å²) in [5, 5.41) is 0.589. The Balaban J connectivity index is 0.00000192. The highest BCUT2D eigenvalue weighted by atomic mass is 35.5. The van der Waals surface area contributed by atoms with Crippen LogP contribution in [-0.4, -0.2) is 58.4 Å². The summed E-state index contributed by atoms with van der Waals surface area (Å²) in [6.07, 6.45) is 0.830. The molecule has 126 valence electrons. The first-order valence-corrected chi connectivity index (χ1v) is 8.78. The van der Waals surface area contributed by atoms with Crippen molar-refractivity contribution in [1.82, 2.24) is 9.80 Å². The van der Waals surface area contributed by atoms with Gasteiger partial charge in [0, 0.05) is 35.5 Å². The summed E-state index contributed by atoms with van der Waals surface area (Å²) in [7, 11) is 0. The number of hydrogen-bond donors (Lipinski definition) is 1. The predicted molar refractivity (Wildman–Crippen MR) is 95.2 cm³/mol. The lowest BCUT2D eigenvalue weighted by molar-refractivity contribution is -0.133. The Morgan fingerprint density at radius 3 is 2.57 bits per heavy atom. The topological polar surface area (TPSA) is 66.6 Å². The first-order chi connectivity index (χ1) is 10.6. The van der Waals surface area contributed by atoms with Crippen molar-refractivity contribution in [2.24, 2.45) is 5.73 Å². The third-order valence-corrected chi connectivity index (χ3v) is 5.32. The van der Waals surface area contributed by atoms with Gasteiger partial charge in [-0.3, -0.25) is 9.59 Å². The van der Waals surface area contributed by atoms with Gasteiger partial charge in [-0.1, -0.05) is 11.6 Å². The summed E-state index contributed by atoms with van der Waals surface area (Å²) < 4.78 is 0. The van der Waals surface area contributed by atoms with Gasteiger partial charge < -0.3 is 15.5 Å². The van der Waals surface area contributed by atoms with E-state index >= 15 is 0 Å². The quantitative estimate of drug-likeness (QED) is 0.856. The zero-order chi connectivity index (χ0) is 15.7. The predicted octanol–water partition coefficient (Wildman–Crippen LogP) is 1.84. The van der Waals surface area contributed by atoms with Crippen LogP contribution >= 0.6 is 35.8 Å². The van der Waals surface area contributed by atoms with Gasteiger partial charge in [0.15, 0.2) is 0 Å². The van der Waals surface area contributed by atoms with Crippen LogP contribution in [0.25, 0.3) is 0 Å². The first-order valence-electron chi connectivity index (χ1n) is 7.25. The maximum absolute atomic E-state index is 12.6. The minimum Gasteiger partial charge on any atom is -0.339 e. The van der Waals surface area contributed by atoms with Gasteiger partial charge in [0.25, 0.3) is 5.91 Å². The fourth-order valence-corrected chi connectivity index (χ4v) is 4.07. The number of halogens is 2. The molecular formula is C15H19Cl2N3O2S. The van der Waals surface area contributed by atoms with Gasteiger partial charge in [0.1, 0.15) is 6.04 Å². The molecule has 2 aliphatic rings. The highest BCUT2D eigenvalue weighted by Gasteiger charge is 2.38. The molecule has 8 heteroatoms. The Kier molecular flexibility index (Phi) is 6.19. The molecule has 5 nitrogen and oxygen atoms in total. The van der Waals surface area contributed by atoms with Crippen LogP contribution in [0.1, 0.15) is 16.8 Å². The number of thioether (sulfide) groups is 1. The number of amides is 2. The van der Waals surface area contributed by atoms with E-state index in [1.165, 1.54) is 0 Å². The SMILES string of the molecule is Cl.N[C@@H]1CCN(C(=O)C2CSCN2C(=O)c2ccc(Cl)cc2)C1. The number of benzene rings is 1. The van der Waals surface area contributed by atoms with Crippen LogP contribution in [-0.2, 0) is 4.79 Å². The van der Waals surface area contributed by atoms with Gasteiger partial charge >= 0.3 is 0 Å². The fourth-order valence-electron chi connectivity index (χ4n) is 2.80. The molecule has 2 fully saturated rings. The molecule has 2 N–H and O–H groups in total. The van der Waals surface area contributed by atoms with Gasteiger partial charge in [-0.25, -0.2) is 0 Å². The van der Waals surface area contributed by atoms with E-state index in [0.29, 0.717) is 35.3 Å². The molecule has 1 aromatic carbocycles. The number of carbonyl (C=O) groups excluding carboxylic acids is 2. The van der Waals surface area contributed by atoms with E-state index in [4.69, 9.17) is 17.3 Å². The second-order valence-corrected chi connectivity index (χ2v) is 7.07. The van der Waals surface area contributed by atoms with Crippen LogP contribution in [0.15, 0.2) is 24.3 Å². The van der Waals surface area contributed by atoms with Gasteiger partial charge in [-0.15, -0.1) is 24.2 Å². The molecule has 2 atom stereocenters. The molecule has 2 heterocycles. The van der Waals surface area contributed by atoms with Crippen LogP contribution in [0.3, 0.4) is 0 Å². The maximum atomic E-state index is 12.6. The number of likely N-dealkylation sites (tertiary alicyclic amines) is 1. The molecule has 0 bridgehead atoms. The Hall–Kier alpha value is -0.950. The zero-order valence-electron chi connectivity index (χ0n) is 12.5. The minimum absolute atomic E-state index is 0. The second kappa shape index (κ2) is 7.75. The van der Waals surface area contributed by atoms with E-state index in [-0.39, 0.29) is 30.3 Å². The fraction of sp³-hybridized carbons (Fsp3) is 0.467. The Bertz CT molecular complexity index is 585. The molecule has 2 saturated heterocycles. The lowest BCUT2D eigenvalue weighted by Gasteiger charge is -2.27. The highest BCUT2D eigenvalue weighted by molar-refractivity contribution is 7.99. The summed E-state index contributed by atoms with van der Waals surface area (Å²) >= 11 is 7.46. The van der Waals surface area contributed by atoms with E-state index in [1.807, 2.05) is 0 Å². The van der Waals surface area contributed by atoms with E-state index < -0.39 is 6.04 Å². The summed E-state index contributed by atoms with van der Waals surface area (Å²) in [5.74, 6) is 1.07. The summed E-state index contributed by atoms with van der Waals surface area (Å²) in [6.45, 7) is 1.27. The Labute approximate surface area is 150 Å². The Morgan fingerprint density at radius 1 is 1.26 bits per heavy atom. The minimum atomic E-state index is -0.390. The van der Waals surface area contributed by atoms with Crippen molar-refractivity contribution < 1.29 is 9.59 Å². The van der Waals surface area contributed by atoms with Crippen LogP contribution in [0.4, 0.5) is 0 Å². The van der Waals surface area contributed by atoms with Gasteiger partial charge in [0.2, 0.25) is 5.91 Å². The van der Waals surface area contributed by atoms with E-state index in [0.717, 1.165) is 6.42 Å². The molecule has 2 aliphatic heterocycles. The molecule has 0 saturated carbocycles. The third-order valence-electron chi connectivity index (χ3n) is 4.06. The van der Waals surface area contributed by atoms with Crippen LogP contribution < -0.4 is 5.73 Å². The lowest BCUT2D eigenvalue weighted by Crippen LogP contribution is -2.48. The monoisotopic (exact) mass is 375 g/mol. The average molecular weight is 376 g/mol. The van der Waals surface area contributed by atoms with Crippen LogP contribution in [0.2, 0.25) is 5.02 Å². The van der Waals surface area contributed by atoms with Gasteiger partial charge in [-0.2, -0.15) is 0 Å². The number of hydrogen-bond acceptors (Lipinski definition) is 4. The molecule has 0 radical (unpaired) electrons. The van der Waals surface area contributed by atoms with E-state index in [9.17, 15) is 9.59 Å². The Morgan fingerprint density at radius 2 is 1.96 bits per heavy atom. The normalized spacial score (nSPS) is 23.7. The molecule has 1 aromatic rings. The van der Waals surface area contributed by atoms with Crippen molar-refractivity contribution in [3.8, 4) is 0 Å². The number of rotatable bonds is 2. The number of nitrogens with zero attached hydrogens (tertiary/aromatic N) is 2. The molecular weight excluding hydrogens is 357 g/mol. The summed E-state index contributed by atoms with van der Waals surface area (Å²) in [4.78, 5) is 28.7. The molecule has 0 aromatic heterocycles. The standard InChI is InChI=1S/C15H18ClN3O2S.ClH/c16-11-3-1-10(2-4-11)14(20)19-9-22-8-13(19)15(21)18-6-5-12(17)7-18;/h1-4,12-13H,5-9,17H2;1H/t12-,13?;/m1./s1. The molecule has 2 amide bonds.